The molecule has 0 aliphatic heterocycles. The topological polar surface area (TPSA) is 37.3 Å². The fourth-order valence-electron chi connectivity index (χ4n) is 2.90. The highest BCUT2D eigenvalue weighted by molar-refractivity contribution is 6.91. The van der Waals surface area contributed by atoms with Crippen molar-refractivity contribution in [1.29, 1.82) is 0 Å². The van der Waals surface area contributed by atoms with Gasteiger partial charge in [0.2, 0.25) is 0 Å². The molecule has 0 aromatic heterocycles. The van der Waals surface area contributed by atoms with Crippen LogP contribution in [0.15, 0.2) is 24.3 Å². The van der Waals surface area contributed by atoms with Gasteiger partial charge in [0.25, 0.3) is 8.41 Å². The van der Waals surface area contributed by atoms with Crippen molar-refractivity contribution in [3.63, 3.8) is 0 Å². The van der Waals surface area contributed by atoms with Crippen LogP contribution in [0.3, 0.4) is 0 Å². The van der Waals surface area contributed by atoms with Crippen molar-refractivity contribution in [3.8, 4) is 0 Å². The fourth-order valence-corrected chi connectivity index (χ4v) is 7.66. The number of hydrogen-bond acceptors (Lipinski definition) is 1. The van der Waals surface area contributed by atoms with Crippen LogP contribution in [0.5, 0.6) is 0 Å². The molecule has 0 aliphatic rings. The average molecular weight is 282 g/mol. The summed E-state index contributed by atoms with van der Waals surface area (Å²) >= 11 is 0. The van der Waals surface area contributed by atoms with Gasteiger partial charge in [0.15, 0.2) is 0 Å². The van der Waals surface area contributed by atoms with Crippen molar-refractivity contribution in [2.75, 3.05) is 0 Å². The molecule has 0 heterocycles. The summed E-state index contributed by atoms with van der Waals surface area (Å²) in [5.74, 6) is -1.06. The lowest BCUT2D eigenvalue weighted by Crippen LogP contribution is -2.59. The zero-order chi connectivity index (χ0) is 15.1. The zero-order valence-corrected chi connectivity index (χ0v) is 13.5. The molecule has 0 unspecified atom stereocenters. The summed E-state index contributed by atoms with van der Waals surface area (Å²) in [7, 11) is -3.52. The summed E-state index contributed by atoms with van der Waals surface area (Å²) in [4.78, 5) is 11.4. The molecule has 0 aliphatic carbocycles. The normalized spacial score (nSPS) is 13.4. The molecule has 1 aromatic rings. The summed E-state index contributed by atoms with van der Waals surface area (Å²) in [5.41, 5.74) is 0.0986. The van der Waals surface area contributed by atoms with Crippen LogP contribution in [0, 0.1) is 0 Å². The second kappa shape index (κ2) is 4.74. The molecule has 0 saturated heterocycles. The van der Waals surface area contributed by atoms with Gasteiger partial charge in [0.05, 0.1) is 5.56 Å². The highest BCUT2D eigenvalue weighted by Gasteiger charge is 2.57. The molecule has 0 radical (unpaired) electrons. The standard InChI is InChI=1S/C15H23FO2Si/c1-14(2,3)19(16,15(4,5)6)12-10-8-7-9-11(12)13(17)18/h7-10H,1-6H3,(H,17,18). The molecule has 1 rings (SSSR count). The zero-order valence-electron chi connectivity index (χ0n) is 12.5. The third-order valence-corrected chi connectivity index (χ3v) is 8.91. The lowest BCUT2D eigenvalue weighted by molar-refractivity contribution is 0.0698. The quantitative estimate of drug-likeness (QED) is 0.655. The van der Waals surface area contributed by atoms with Crippen LogP contribution in [0.1, 0.15) is 51.9 Å². The number of rotatable bonds is 2. The maximum Gasteiger partial charge on any atom is 0.335 e. The number of carboxylic acids is 1. The van der Waals surface area contributed by atoms with Crippen LogP contribution in [-0.4, -0.2) is 19.5 Å². The van der Waals surface area contributed by atoms with Crippen LogP contribution in [-0.2, 0) is 0 Å². The van der Waals surface area contributed by atoms with Gasteiger partial charge in [-0.3, -0.25) is 0 Å². The summed E-state index contributed by atoms with van der Waals surface area (Å²) in [6.45, 7) is 11.2. The van der Waals surface area contributed by atoms with Crippen LogP contribution < -0.4 is 5.19 Å². The molecule has 2 nitrogen and oxygen atoms in total. The van der Waals surface area contributed by atoms with Crippen molar-refractivity contribution < 1.29 is 14.0 Å². The third-order valence-electron chi connectivity index (χ3n) is 3.60. The van der Waals surface area contributed by atoms with E-state index in [-0.39, 0.29) is 5.56 Å². The molecular formula is C15H23FO2Si. The van der Waals surface area contributed by atoms with E-state index in [9.17, 15) is 9.90 Å². The van der Waals surface area contributed by atoms with Crippen molar-refractivity contribution in [2.45, 2.75) is 51.6 Å². The highest BCUT2D eigenvalue weighted by atomic mass is 28.4. The van der Waals surface area contributed by atoms with E-state index in [0.29, 0.717) is 5.19 Å². The first-order chi connectivity index (χ1) is 8.43. The van der Waals surface area contributed by atoms with Crippen molar-refractivity contribution >= 4 is 19.6 Å². The Morgan fingerprint density at radius 1 is 1.05 bits per heavy atom. The molecule has 1 N–H and O–H groups in total. The van der Waals surface area contributed by atoms with Crippen molar-refractivity contribution in [2.24, 2.45) is 0 Å². The largest absolute Gasteiger partial charge is 0.478 e. The summed E-state index contributed by atoms with van der Waals surface area (Å²) in [5, 5.41) is 8.56. The average Bonchev–Trinajstić information content (AvgIpc) is 2.24. The second-order valence-electron chi connectivity index (χ2n) is 7.01. The number of benzene rings is 1. The van der Waals surface area contributed by atoms with Gasteiger partial charge < -0.3 is 9.21 Å². The van der Waals surface area contributed by atoms with Gasteiger partial charge in [-0.15, -0.1) is 0 Å². The summed E-state index contributed by atoms with van der Waals surface area (Å²) in [6, 6.07) is 6.51. The first kappa shape index (κ1) is 15.9. The highest BCUT2D eigenvalue weighted by Crippen LogP contribution is 2.51. The molecule has 0 fully saturated rings. The van der Waals surface area contributed by atoms with Crippen molar-refractivity contribution in [3.05, 3.63) is 29.8 Å². The predicted molar refractivity (Wildman–Crippen MR) is 79.3 cm³/mol. The van der Waals surface area contributed by atoms with Gasteiger partial charge in [-0.25, -0.2) is 4.79 Å². The fraction of sp³-hybridized carbons (Fsp3) is 0.533. The van der Waals surface area contributed by atoms with Gasteiger partial charge in [-0.05, 0) is 21.3 Å². The lowest BCUT2D eigenvalue weighted by Gasteiger charge is -2.45. The molecule has 1 aromatic carbocycles. The predicted octanol–water partition coefficient (Wildman–Crippen LogP) is 4.11. The molecule has 106 valence electrons. The van der Waals surface area contributed by atoms with Gasteiger partial charge in [-0.1, -0.05) is 59.7 Å². The Bertz CT molecular complexity index is 470. The minimum absolute atomic E-state index is 0.0986. The number of hydrogen-bond donors (Lipinski definition) is 1. The number of carbonyl (C=O) groups is 1. The Morgan fingerprint density at radius 2 is 1.47 bits per heavy atom. The Labute approximate surface area is 115 Å². The second-order valence-corrected chi connectivity index (χ2v) is 11.9. The van der Waals surface area contributed by atoms with Crippen molar-refractivity contribution in [1.82, 2.24) is 0 Å². The van der Waals surface area contributed by atoms with Gasteiger partial charge in [-0.2, -0.15) is 0 Å². The first-order valence-corrected chi connectivity index (χ1v) is 8.32. The van der Waals surface area contributed by atoms with Crippen LogP contribution >= 0.6 is 0 Å². The monoisotopic (exact) mass is 282 g/mol. The molecular weight excluding hydrogens is 259 g/mol. The number of carboxylic acid groups (broad SMARTS) is 1. The Kier molecular flexibility index (Phi) is 3.97. The van der Waals surface area contributed by atoms with E-state index in [1.54, 1.807) is 18.2 Å². The number of halogens is 1. The van der Waals surface area contributed by atoms with E-state index < -0.39 is 24.5 Å². The molecule has 0 saturated carbocycles. The molecule has 0 atom stereocenters. The minimum atomic E-state index is -3.52. The van der Waals surface area contributed by atoms with E-state index in [0.717, 1.165) is 0 Å². The third kappa shape index (κ3) is 2.59. The van der Waals surface area contributed by atoms with E-state index in [4.69, 9.17) is 0 Å². The van der Waals surface area contributed by atoms with E-state index in [1.807, 2.05) is 41.5 Å². The van der Waals surface area contributed by atoms with Gasteiger partial charge in [0.1, 0.15) is 0 Å². The van der Waals surface area contributed by atoms with Crippen LogP contribution in [0.4, 0.5) is 4.11 Å². The maximum atomic E-state index is 16.0. The van der Waals surface area contributed by atoms with Crippen LogP contribution in [0.25, 0.3) is 0 Å². The van der Waals surface area contributed by atoms with E-state index in [1.165, 1.54) is 6.07 Å². The molecule has 0 amide bonds. The van der Waals surface area contributed by atoms with Crippen LogP contribution in [0.2, 0.25) is 10.1 Å². The Hall–Kier alpha value is -1.16. The Morgan fingerprint density at radius 3 is 1.84 bits per heavy atom. The van der Waals surface area contributed by atoms with Gasteiger partial charge in [0, 0.05) is 0 Å². The minimum Gasteiger partial charge on any atom is -0.478 e. The SMILES string of the molecule is CC(C)(C)[Si](F)(c1ccccc1C(=O)O)C(C)(C)C. The van der Waals surface area contributed by atoms with E-state index >= 15 is 4.11 Å². The van der Waals surface area contributed by atoms with E-state index in [2.05, 4.69) is 0 Å². The molecule has 0 bridgehead atoms. The molecule has 19 heavy (non-hydrogen) atoms. The number of aromatic carboxylic acids is 1. The lowest BCUT2D eigenvalue weighted by atomic mass is 10.2. The summed E-state index contributed by atoms with van der Waals surface area (Å²) < 4.78 is 16.0. The molecule has 0 spiro atoms. The van der Waals surface area contributed by atoms with Gasteiger partial charge >= 0.3 is 5.97 Å². The maximum absolute atomic E-state index is 16.0. The summed E-state index contributed by atoms with van der Waals surface area (Å²) in [6.07, 6.45) is 0. The Balaban J connectivity index is 3.67. The molecule has 4 heteroatoms. The smallest absolute Gasteiger partial charge is 0.335 e. The first-order valence-electron chi connectivity index (χ1n) is 6.44.